The zero-order valence-corrected chi connectivity index (χ0v) is 13.8. The molecule has 2 rings (SSSR count). The average molecular weight is 341 g/mol. The molecule has 0 aromatic carbocycles. The molecule has 0 saturated carbocycles. The lowest BCUT2D eigenvalue weighted by Gasteiger charge is -2.18. The number of rotatable bonds is 8. The van der Waals surface area contributed by atoms with Crippen molar-refractivity contribution in [3.8, 4) is 12.1 Å². The Morgan fingerprint density at radius 2 is 2.04 bits per heavy atom. The van der Waals surface area contributed by atoms with Crippen LogP contribution >= 0.6 is 0 Å². The van der Waals surface area contributed by atoms with Crippen molar-refractivity contribution < 1.29 is 4.92 Å². The molecule has 0 amide bonds. The summed E-state index contributed by atoms with van der Waals surface area (Å²) >= 11 is 0. The van der Waals surface area contributed by atoms with E-state index in [4.69, 9.17) is 10.5 Å². The van der Waals surface area contributed by atoms with Crippen molar-refractivity contribution in [2.45, 2.75) is 32.1 Å². The number of anilines is 2. The van der Waals surface area contributed by atoms with Gasteiger partial charge in [-0.05, 0) is 32.1 Å². The maximum absolute atomic E-state index is 11.5. The lowest BCUT2D eigenvalue weighted by atomic mass is 9.97. The van der Waals surface area contributed by atoms with Crippen LogP contribution in [0.1, 0.15) is 32.1 Å². The molecule has 0 spiro atoms. The smallest absolute Gasteiger partial charge is 0.353 e. The summed E-state index contributed by atoms with van der Waals surface area (Å²) in [7, 11) is 0. The normalized spacial score (nSPS) is 13.3. The van der Waals surface area contributed by atoms with E-state index in [1.807, 2.05) is 12.1 Å². The summed E-state index contributed by atoms with van der Waals surface area (Å²) in [6, 6.07) is 3.77. The molecule has 25 heavy (non-hydrogen) atoms. The number of nitrogens with one attached hydrogen (secondary N) is 1. The van der Waals surface area contributed by atoms with Gasteiger partial charge in [0.15, 0.2) is 0 Å². The van der Waals surface area contributed by atoms with Crippen LogP contribution < -0.4 is 10.2 Å². The highest BCUT2D eigenvalue weighted by atomic mass is 16.6. The highest BCUT2D eigenvalue weighted by molar-refractivity contribution is 5.70. The molecular formula is C16H19N7O2. The fraction of sp³-hybridized carbons (Fsp3) is 0.500. The van der Waals surface area contributed by atoms with Crippen LogP contribution in [0.3, 0.4) is 0 Å². The Kier molecular flexibility index (Phi) is 6.66. The maximum Gasteiger partial charge on any atom is 0.353 e. The lowest BCUT2D eigenvalue weighted by molar-refractivity contribution is -0.383. The molecule has 1 aliphatic rings. The SMILES string of the molecule is N#CCN(CC#N)c1ncnc(NCCC2=CCCCC2)c1[N+](=O)[O-]. The molecule has 1 aliphatic carbocycles. The van der Waals surface area contributed by atoms with Crippen LogP contribution in [0.25, 0.3) is 0 Å². The minimum absolute atomic E-state index is 0.0255. The summed E-state index contributed by atoms with van der Waals surface area (Å²) in [4.78, 5) is 20.1. The van der Waals surface area contributed by atoms with Gasteiger partial charge in [-0.25, -0.2) is 9.97 Å². The van der Waals surface area contributed by atoms with E-state index in [0.717, 1.165) is 19.3 Å². The molecular weight excluding hydrogens is 322 g/mol. The molecule has 0 saturated heterocycles. The van der Waals surface area contributed by atoms with Gasteiger partial charge in [0.2, 0.25) is 11.6 Å². The van der Waals surface area contributed by atoms with Crippen LogP contribution in [-0.4, -0.2) is 34.5 Å². The summed E-state index contributed by atoms with van der Waals surface area (Å²) in [5, 5.41) is 32.2. The predicted molar refractivity (Wildman–Crippen MR) is 91.8 cm³/mol. The summed E-state index contributed by atoms with van der Waals surface area (Å²) in [6.07, 6.45) is 8.78. The predicted octanol–water partition coefficient (Wildman–Crippen LogP) is 2.54. The van der Waals surface area contributed by atoms with Gasteiger partial charge < -0.3 is 10.2 Å². The second-order valence-electron chi connectivity index (χ2n) is 5.61. The van der Waals surface area contributed by atoms with Gasteiger partial charge in [-0.3, -0.25) is 10.1 Å². The van der Waals surface area contributed by atoms with Crippen LogP contribution in [0.5, 0.6) is 0 Å². The van der Waals surface area contributed by atoms with E-state index in [-0.39, 0.29) is 30.4 Å². The first-order chi connectivity index (χ1) is 12.2. The first-order valence-corrected chi connectivity index (χ1v) is 8.07. The molecule has 0 fully saturated rings. The van der Waals surface area contributed by atoms with Gasteiger partial charge in [0.1, 0.15) is 19.4 Å². The quantitative estimate of drug-likeness (QED) is 0.330. The van der Waals surface area contributed by atoms with Crippen molar-refractivity contribution in [2.75, 3.05) is 29.9 Å². The Morgan fingerprint density at radius 3 is 2.64 bits per heavy atom. The van der Waals surface area contributed by atoms with Crippen molar-refractivity contribution in [2.24, 2.45) is 0 Å². The minimum Gasteiger partial charge on any atom is -0.364 e. The maximum atomic E-state index is 11.5. The Labute approximate surface area is 145 Å². The average Bonchev–Trinajstić information content (AvgIpc) is 2.62. The van der Waals surface area contributed by atoms with Crippen molar-refractivity contribution in [1.82, 2.24) is 9.97 Å². The van der Waals surface area contributed by atoms with Crippen LogP contribution in [0, 0.1) is 32.8 Å². The number of aromatic nitrogens is 2. The molecule has 0 radical (unpaired) electrons. The summed E-state index contributed by atoms with van der Waals surface area (Å²) < 4.78 is 0. The summed E-state index contributed by atoms with van der Waals surface area (Å²) in [5.74, 6) is 0.0785. The van der Waals surface area contributed by atoms with Crippen molar-refractivity contribution >= 4 is 17.3 Å². The number of allylic oxidation sites excluding steroid dienone is 1. The summed E-state index contributed by atoms with van der Waals surface area (Å²) in [5.41, 5.74) is 1.04. The molecule has 0 unspecified atom stereocenters. The molecule has 1 N–H and O–H groups in total. The van der Waals surface area contributed by atoms with Gasteiger partial charge >= 0.3 is 5.69 Å². The Morgan fingerprint density at radius 1 is 1.28 bits per heavy atom. The number of nitro groups is 1. The van der Waals surface area contributed by atoms with Crippen molar-refractivity contribution in [1.29, 1.82) is 10.5 Å². The third-order valence-electron chi connectivity index (χ3n) is 3.93. The van der Waals surface area contributed by atoms with E-state index in [1.54, 1.807) is 0 Å². The first kappa shape index (κ1) is 18.1. The van der Waals surface area contributed by atoms with Crippen LogP contribution in [-0.2, 0) is 0 Å². The molecule has 1 heterocycles. The van der Waals surface area contributed by atoms with E-state index >= 15 is 0 Å². The van der Waals surface area contributed by atoms with Crippen LogP contribution in [0.15, 0.2) is 18.0 Å². The van der Waals surface area contributed by atoms with Crippen molar-refractivity contribution in [3.63, 3.8) is 0 Å². The Balaban J connectivity index is 2.18. The fourth-order valence-electron chi connectivity index (χ4n) is 2.75. The molecule has 9 heteroatoms. The molecule has 1 aromatic rings. The molecule has 0 bridgehead atoms. The van der Waals surface area contributed by atoms with E-state index in [9.17, 15) is 10.1 Å². The molecule has 9 nitrogen and oxygen atoms in total. The second kappa shape index (κ2) is 9.18. The Hall–Kier alpha value is -3.20. The monoisotopic (exact) mass is 341 g/mol. The zero-order chi connectivity index (χ0) is 18.1. The molecule has 0 atom stereocenters. The number of nitriles is 2. The van der Waals surface area contributed by atoms with E-state index in [0.29, 0.717) is 6.54 Å². The second-order valence-corrected chi connectivity index (χ2v) is 5.61. The zero-order valence-electron chi connectivity index (χ0n) is 13.8. The van der Waals surface area contributed by atoms with Gasteiger partial charge in [-0.1, -0.05) is 11.6 Å². The lowest BCUT2D eigenvalue weighted by Crippen LogP contribution is -2.26. The molecule has 1 aromatic heterocycles. The van der Waals surface area contributed by atoms with Crippen molar-refractivity contribution in [3.05, 3.63) is 28.1 Å². The standard InChI is InChI=1S/C16H19N7O2/c17-7-10-22(11-8-18)16-14(23(24)25)15(20-12-21-16)19-9-6-13-4-2-1-3-5-13/h4,12H,1-3,5-6,9-11H2,(H,19,20,21). The van der Waals surface area contributed by atoms with E-state index in [1.165, 1.54) is 29.6 Å². The van der Waals surface area contributed by atoms with E-state index in [2.05, 4.69) is 21.4 Å². The van der Waals surface area contributed by atoms with Gasteiger partial charge in [0.25, 0.3) is 0 Å². The highest BCUT2D eigenvalue weighted by Crippen LogP contribution is 2.31. The van der Waals surface area contributed by atoms with Gasteiger partial charge in [-0.2, -0.15) is 10.5 Å². The molecule has 0 aliphatic heterocycles. The Bertz CT molecular complexity index is 717. The number of nitrogens with zero attached hydrogens (tertiary/aromatic N) is 6. The highest BCUT2D eigenvalue weighted by Gasteiger charge is 2.26. The largest absolute Gasteiger partial charge is 0.364 e. The fourth-order valence-corrected chi connectivity index (χ4v) is 2.75. The number of hydrogen-bond donors (Lipinski definition) is 1. The summed E-state index contributed by atoms with van der Waals surface area (Å²) in [6.45, 7) is 0.190. The third-order valence-corrected chi connectivity index (χ3v) is 3.93. The number of hydrogen-bond acceptors (Lipinski definition) is 8. The first-order valence-electron chi connectivity index (χ1n) is 8.07. The van der Waals surface area contributed by atoms with Crippen LogP contribution in [0.2, 0.25) is 0 Å². The van der Waals surface area contributed by atoms with Gasteiger partial charge in [-0.15, -0.1) is 0 Å². The van der Waals surface area contributed by atoms with Crippen LogP contribution in [0.4, 0.5) is 17.3 Å². The van der Waals surface area contributed by atoms with E-state index < -0.39 is 4.92 Å². The van der Waals surface area contributed by atoms with Gasteiger partial charge in [0, 0.05) is 6.54 Å². The molecule has 130 valence electrons. The van der Waals surface area contributed by atoms with Gasteiger partial charge in [0.05, 0.1) is 17.1 Å². The third kappa shape index (κ3) is 4.88. The minimum atomic E-state index is -0.584. The topological polar surface area (TPSA) is 132 Å².